The molecule has 2 aromatic rings. The van der Waals surface area contributed by atoms with Gasteiger partial charge in [0.25, 0.3) is 0 Å². The van der Waals surface area contributed by atoms with E-state index in [1.54, 1.807) is 12.1 Å². The second kappa shape index (κ2) is 5.82. The first-order valence-electron chi connectivity index (χ1n) is 5.30. The fourth-order valence-corrected chi connectivity index (χ4v) is 1.83. The molecule has 0 unspecified atom stereocenters. The zero-order valence-corrected chi connectivity index (χ0v) is 10.8. The highest BCUT2D eigenvalue weighted by atomic mass is 79.9. The van der Waals surface area contributed by atoms with Crippen molar-refractivity contribution in [3.8, 4) is 5.75 Å². The first-order chi connectivity index (χ1) is 8.29. The Morgan fingerprint density at radius 3 is 2.47 bits per heavy atom. The summed E-state index contributed by atoms with van der Waals surface area (Å²) in [5.74, 6) is -0.0311. The minimum absolute atomic E-state index is 0.297. The number of ether oxygens (including phenoxy) is 1. The molecule has 0 heterocycles. The molecule has 0 amide bonds. The minimum Gasteiger partial charge on any atom is -0.486 e. The molecule has 0 fully saturated rings. The first-order valence-corrected chi connectivity index (χ1v) is 6.43. The summed E-state index contributed by atoms with van der Waals surface area (Å²) in [5.41, 5.74) is 2.02. The van der Waals surface area contributed by atoms with Crippen LogP contribution in [0, 0.1) is 5.82 Å². The summed E-state index contributed by atoms with van der Waals surface area (Å²) < 4.78 is 18.9. The summed E-state index contributed by atoms with van der Waals surface area (Å²) in [4.78, 5) is 0. The van der Waals surface area contributed by atoms with Crippen LogP contribution in [0.1, 0.15) is 11.1 Å². The van der Waals surface area contributed by atoms with E-state index in [-0.39, 0.29) is 5.82 Å². The maximum absolute atomic E-state index is 13.5. The van der Waals surface area contributed by atoms with Crippen molar-refractivity contribution < 1.29 is 9.13 Å². The number of hydrogen-bond donors (Lipinski definition) is 0. The van der Waals surface area contributed by atoms with Crippen LogP contribution in [0.4, 0.5) is 4.39 Å². The summed E-state index contributed by atoms with van der Waals surface area (Å²) in [6.07, 6.45) is 0. The molecule has 0 spiro atoms. The largest absolute Gasteiger partial charge is 0.486 e. The standard InChI is InChI=1S/C14H12BrFO/c15-9-12-6-7-13(16)14(8-12)17-10-11-4-2-1-3-5-11/h1-8H,9-10H2. The smallest absolute Gasteiger partial charge is 0.165 e. The predicted octanol–water partition coefficient (Wildman–Crippen LogP) is 4.30. The summed E-state index contributed by atoms with van der Waals surface area (Å²) in [5, 5.41) is 0.689. The van der Waals surface area contributed by atoms with Gasteiger partial charge in [-0.15, -0.1) is 0 Å². The van der Waals surface area contributed by atoms with E-state index in [9.17, 15) is 4.39 Å². The summed E-state index contributed by atoms with van der Waals surface area (Å²) >= 11 is 3.33. The van der Waals surface area contributed by atoms with E-state index in [4.69, 9.17) is 4.74 Å². The Bertz CT molecular complexity index is 485. The second-order valence-corrected chi connectivity index (χ2v) is 4.23. The molecule has 0 bridgehead atoms. The highest BCUT2D eigenvalue weighted by Crippen LogP contribution is 2.21. The normalized spacial score (nSPS) is 10.2. The molecule has 0 radical (unpaired) electrons. The number of hydrogen-bond acceptors (Lipinski definition) is 1. The molecule has 0 N–H and O–H groups in total. The Balaban J connectivity index is 2.08. The highest BCUT2D eigenvalue weighted by molar-refractivity contribution is 9.08. The van der Waals surface area contributed by atoms with Gasteiger partial charge in [0.15, 0.2) is 11.6 Å². The van der Waals surface area contributed by atoms with Gasteiger partial charge in [-0.1, -0.05) is 52.3 Å². The van der Waals surface area contributed by atoms with Crippen molar-refractivity contribution in [2.75, 3.05) is 0 Å². The number of halogens is 2. The Morgan fingerprint density at radius 2 is 1.76 bits per heavy atom. The van der Waals surface area contributed by atoms with E-state index in [0.717, 1.165) is 11.1 Å². The monoisotopic (exact) mass is 294 g/mol. The molecule has 2 aromatic carbocycles. The quantitative estimate of drug-likeness (QED) is 0.764. The lowest BCUT2D eigenvalue weighted by molar-refractivity contribution is 0.290. The summed E-state index contributed by atoms with van der Waals surface area (Å²) in [6.45, 7) is 0.378. The number of alkyl halides is 1. The molecule has 0 aliphatic rings. The van der Waals surface area contributed by atoms with E-state index in [1.165, 1.54) is 6.07 Å². The van der Waals surface area contributed by atoms with Crippen LogP contribution in [0.15, 0.2) is 48.5 Å². The lowest BCUT2D eigenvalue weighted by Crippen LogP contribution is -1.97. The summed E-state index contributed by atoms with van der Waals surface area (Å²) in [6, 6.07) is 14.6. The lowest BCUT2D eigenvalue weighted by atomic mass is 10.2. The average molecular weight is 295 g/mol. The van der Waals surface area contributed by atoms with Gasteiger partial charge in [-0.25, -0.2) is 4.39 Å². The average Bonchev–Trinajstić information content (AvgIpc) is 2.39. The lowest BCUT2D eigenvalue weighted by Gasteiger charge is -2.08. The third kappa shape index (κ3) is 3.30. The van der Waals surface area contributed by atoms with Gasteiger partial charge in [-0.3, -0.25) is 0 Å². The second-order valence-electron chi connectivity index (χ2n) is 3.67. The topological polar surface area (TPSA) is 9.23 Å². The van der Waals surface area contributed by atoms with Crippen molar-refractivity contribution in [1.82, 2.24) is 0 Å². The van der Waals surface area contributed by atoms with E-state index < -0.39 is 0 Å². The fourth-order valence-electron chi connectivity index (χ4n) is 1.48. The van der Waals surface area contributed by atoms with E-state index in [0.29, 0.717) is 17.7 Å². The van der Waals surface area contributed by atoms with Gasteiger partial charge in [0.1, 0.15) is 6.61 Å². The zero-order valence-electron chi connectivity index (χ0n) is 9.20. The third-order valence-corrected chi connectivity index (χ3v) is 3.03. The molecule has 1 nitrogen and oxygen atoms in total. The SMILES string of the molecule is Fc1ccc(CBr)cc1OCc1ccccc1. The van der Waals surface area contributed by atoms with Crippen molar-refractivity contribution >= 4 is 15.9 Å². The molecule has 0 saturated heterocycles. The first kappa shape index (κ1) is 12.1. The van der Waals surface area contributed by atoms with Gasteiger partial charge in [0, 0.05) is 5.33 Å². The van der Waals surface area contributed by atoms with Crippen LogP contribution in [0.3, 0.4) is 0 Å². The zero-order chi connectivity index (χ0) is 12.1. The van der Waals surface area contributed by atoms with Crippen LogP contribution in [-0.2, 0) is 11.9 Å². The summed E-state index contributed by atoms with van der Waals surface area (Å²) in [7, 11) is 0. The van der Waals surface area contributed by atoms with Gasteiger partial charge in [0.2, 0.25) is 0 Å². The van der Waals surface area contributed by atoms with Gasteiger partial charge < -0.3 is 4.74 Å². The molecule has 0 aliphatic heterocycles. The van der Waals surface area contributed by atoms with E-state index in [2.05, 4.69) is 15.9 Å². The molecular formula is C14H12BrFO. The number of rotatable bonds is 4. The van der Waals surface area contributed by atoms with Crippen LogP contribution >= 0.6 is 15.9 Å². The maximum Gasteiger partial charge on any atom is 0.165 e. The molecular weight excluding hydrogens is 283 g/mol. The van der Waals surface area contributed by atoms with Gasteiger partial charge in [-0.2, -0.15) is 0 Å². The van der Waals surface area contributed by atoms with Gasteiger partial charge in [0.05, 0.1) is 0 Å². The van der Waals surface area contributed by atoms with Crippen LogP contribution in [0.2, 0.25) is 0 Å². The maximum atomic E-state index is 13.5. The van der Waals surface area contributed by atoms with Crippen LogP contribution in [0.25, 0.3) is 0 Å². The third-order valence-electron chi connectivity index (χ3n) is 2.39. The van der Waals surface area contributed by atoms with Crippen molar-refractivity contribution in [3.05, 3.63) is 65.5 Å². The molecule has 88 valence electrons. The van der Waals surface area contributed by atoms with Gasteiger partial charge in [-0.05, 0) is 23.3 Å². The number of benzene rings is 2. The minimum atomic E-state index is -0.328. The molecule has 2 rings (SSSR count). The van der Waals surface area contributed by atoms with E-state index >= 15 is 0 Å². The van der Waals surface area contributed by atoms with Crippen molar-refractivity contribution in [3.63, 3.8) is 0 Å². The Hall–Kier alpha value is -1.35. The Morgan fingerprint density at radius 1 is 1.00 bits per heavy atom. The highest BCUT2D eigenvalue weighted by Gasteiger charge is 2.04. The fraction of sp³-hybridized carbons (Fsp3) is 0.143. The van der Waals surface area contributed by atoms with Crippen LogP contribution in [0.5, 0.6) is 5.75 Å². The van der Waals surface area contributed by atoms with Crippen LogP contribution in [-0.4, -0.2) is 0 Å². The molecule has 17 heavy (non-hydrogen) atoms. The predicted molar refractivity (Wildman–Crippen MR) is 69.8 cm³/mol. The molecule has 3 heteroatoms. The van der Waals surface area contributed by atoms with Crippen molar-refractivity contribution in [1.29, 1.82) is 0 Å². The van der Waals surface area contributed by atoms with Crippen molar-refractivity contribution in [2.45, 2.75) is 11.9 Å². The molecule has 0 aromatic heterocycles. The molecule has 0 aliphatic carbocycles. The van der Waals surface area contributed by atoms with E-state index in [1.807, 2.05) is 30.3 Å². The van der Waals surface area contributed by atoms with Crippen LogP contribution < -0.4 is 4.74 Å². The van der Waals surface area contributed by atoms with Crippen molar-refractivity contribution in [2.24, 2.45) is 0 Å². The van der Waals surface area contributed by atoms with Gasteiger partial charge >= 0.3 is 0 Å². The Labute approximate surface area is 108 Å². The Kier molecular flexibility index (Phi) is 4.15. The molecule has 0 saturated carbocycles. The molecule has 0 atom stereocenters.